The molecular weight excluding hydrogens is 132 g/mol. The minimum absolute atomic E-state index is 0.269. The molecule has 59 valence electrons. The van der Waals surface area contributed by atoms with Crippen LogP contribution in [0.15, 0.2) is 0 Å². The Hall–Kier alpha value is -0.120. The molecule has 1 aliphatic rings. The number of ether oxygens (including phenoxy) is 2. The van der Waals surface area contributed by atoms with Gasteiger partial charge in [0.1, 0.15) is 6.10 Å². The Kier molecular flexibility index (Phi) is 1.99. The summed E-state index contributed by atoms with van der Waals surface area (Å²) in [6.07, 6.45) is -0.961. The molecule has 2 unspecified atom stereocenters. The predicted molar refractivity (Wildman–Crippen MR) is 36.3 cm³/mol. The summed E-state index contributed by atoms with van der Waals surface area (Å²) in [7, 11) is 0. The molecule has 0 saturated carbocycles. The van der Waals surface area contributed by atoms with Crippen molar-refractivity contribution in [2.75, 3.05) is 6.61 Å². The van der Waals surface area contributed by atoms with Crippen LogP contribution in [0.4, 0.5) is 0 Å². The normalized spacial score (nSPS) is 34.2. The third-order valence-corrected chi connectivity index (χ3v) is 1.46. The number of hydrogen-bond acceptors (Lipinski definition) is 3. The van der Waals surface area contributed by atoms with E-state index in [-0.39, 0.29) is 6.10 Å². The highest BCUT2D eigenvalue weighted by Gasteiger charge is 2.34. The summed E-state index contributed by atoms with van der Waals surface area (Å²) in [4.78, 5) is 0. The second kappa shape index (κ2) is 2.49. The Balaban J connectivity index is 2.43. The van der Waals surface area contributed by atoms with E-state index in [9.17, 15) is 0 Å². The Labute approximate surface area is 60.9 Å². The zero-order valence-electron chi connectivity index (χ0n) is 6.33. The van der Waals surface area contributed by atoms with Crippen LogP contribution in [-0.4, -0.2) is 29.7 Å². The van der Waals surface area contributed by atoms with Crippen molar-refractivity contribution in [1.82, 2.24) is 0 Å². The topological polar surface area (TPSA) is 38.7 Å². The van der Waals surface area contributed by atoms with Crippen LogP contribution in [0.25, 0.3) is 0 Å². The monoisotopic (exact) mass is 145 g/mol. The lowest BCUT2D eigenvalue weighted by Gasteiger charge is -2.17. The second-order valence-corrected chi connectivity index (χ2v) is 2.93. The standard InChI is InChI=1S/C7H13O3/c1-5(8)6-4-9-7(2,3)10-6/h5-6,8H,1,4H2,2-3H3. The Morgan fingerprint density at radius 3 is 2.50 bits per heavy atom. The van der Waals surface area contributed by atoms with Gasteiger partial charge in [-0.1, -0.05) is 0 Å². The van der Waals surface area contributed by atoms with Crippen molar-refractivity contribution in [3.63, 3.8) is 0 Å². The Morgan fingerprint density at radius 1 is 1.70 bits per heavy atom. The van der Waals surface area contributed by atoms with Crippen LogP contribution in [0.5, 0.6) is 0 Å². The van der Waals surface area contributed by atoms with Crippen LogP contribution in [0.3, 0.4) is 0 Å². The van der Waals surface area contributed by atoms with E-state index >= 15 is 0 Å². The van der Waals surface area contributed by atoms with Gasteiger partial charge in [0.2, 0.25) is 0 Å². The molecule has 3 nitrogen and oxygen atoms in total. The zero-order valence-corrected chi connectivity index (χ0v) is 6.33. The molecule has 1 saturated heterocycles. The average Bonchev–Trinajstić information content (AvgIpc) is 2.10. The van der Waals surface area contributed by atoms with Gasteiger partial charge in [-0.25, -0.2) is 0 Å². The van der Waals surface area contributed by atoms with Crippen LogP contribution in [0.2, 0.25) is 0 Å². The summed E-state index contributed by atoms with van der Waals surface area (Å²) in [5.74, 6) is -0.552. The van der Waals surface area contributed by atoms with Crippen molar-refractivity contribution in [2.24, 2.45) is 0 Å². The maximum atomic E-state index is 8.97. The molecule has 3 heteroatoms. The maximum absolute atomic E-state index is 8.97. The summed E-state index contributed by atoms with van der Waals surface area (Å²) in [5, 5.41) is 8.97. The number of hydrogen-bond donors (Lipinski definition) is 1. The quantitative estimate of drug-likeness (QED) is 0.578. The summed E-state index contributed by atoms with van der Waals surface area (Å²) in [6, 6.07) is 0. The van der Waals surface area contributed by atoms with E-state index in [0.29, 0.717) is 6.61 Å². The van der Waals surface area contributed by atoms with E-state index in [0.717, 1.165) is 0 Å². The van der Waals surface area contributed by atoms with E-state index < -0.39 is 11.9 Å². The van der Waals surface area contributed by atoms with Crippen molar-refractivity contribution in [1.29, 1.82) is 0 Å². The smallest absolute Gasteiger partial charge is 0.163 e. The molecule has 0 aliphatic carbocycles. The zero-order chi connectivity index (χ0) is 7.78. The van der Waals surface area contributed by atoms with E-state index in [1.807, 2.05) is 13.8 Å². The molecule has 0 spiro atoms. The molecule has 1 radical (unpaired) electrons. The summed E-state index contributed by atoms with van der Waals surface area (Å²) in [6.45, 7) is 7.49. The van der Waals surface area contributed by atoms with Gasteiger partial charge < -0.3 is 14.6 Å². The molecule has 0 aromatic heterocycles. The van der Waals surface area contributed by atoms with Crippen molar-refractivity contribution in [2.45, 2.75) is 31.8 Å². The lowest BCUT2D eigenvalue weighted by atomic mass is 10.2. The molecule has 1 rings (SSSR count). The van der Waals surface area contributed by atoms with E-state index in [1.165, 1.54) is 0 Å². The molecule has 10 heavy (non-hydrogen) atoms. The molecule has 1 fully saturated rings. The third kappa shape index (κ3) is 1.68. The molecule has 1 N–H and O–H groups in total. The van der Waals surface area contributed by atoms with E-state index in [2.05, 4.69) is 6.92 Å². The van der Waals surface area contributed by atoms with Gasteiger partial charge in [-0.3, -0.25) is 0 Å². The summed E-state index contributed by atoms with van der Waals surface area (Å²) >= 11 is 0. The highest BCUT2D eigenvalue weighted by Crippen LogP contribution is 2.23. The first-order valence-corrected chi connectivity index (χ1v) is 3.34. The van der Waals surface area contributed by atoms with Gasteiger partial charge >= 0.3 is 0 Å². The van der Waals surface area contributed by atoms with Crippen LogP contribution in [-0.2, 0) is 9.47 Å². The van der Waals surface area contributed by atoms with Crippen molar-refractivity contribution >= 4 is 0 Å². The predicted octanol–water partition coefficient (Wildman–Crippen LogP) is 0.333. The largest absolute Gasteiger partial charge is 0.390 e. The molecule has 0 bridgehead atoms. The molecule has 0 aromatic carbocycles. The lowest BCUT2D eigenvalue weighted by Crippen LogP contribution is -2.28. The van der Waals surface area contributed by atoms with Crippen molar-refractivity contribution in [3.05, 3.63) is 6.92 Å². The average molecular weight is 145 g/mol. The molecular formula is C7H13O3. The molecule has 0 amide bonds. The van der Waals surface area contributed by atoms with Gasteiger partial charge in [0.05, 0.1) is 12.7 Å². The minimum Gasteiger partial charge on any atom is -0.390 e. The maximum Gasteiger partial charge on any atom is 0.163 e. The van der Waals surface area contributed by atoms with Crippen LogP contribution in [0, 0.1) is 6.92 Å². The Morgan fingerprint density at radius 2 is 2.30 bits per heavy atom. The fraction of sp³-hybridized carbons (Fsp3) is 0.857. The van der Waals surface area contributed by atoms with Crippen LogP contribution >= 0.6 is 0 Å². The highest BCUT2D eigenvalue weighted by atomic mass is 16.7. The fourth-order valence-corrected chi connectivity index (χ4v) is 0.905. The van der Waals surface area contributed by atoms with Gasteiger partial charge in [0.15, 0.2) is 5.79 Å². The van der Waals surface area contributed by atoms with E-state index in [4.69, 9.17) is 14.6 Å². The third-order valence-electron chi connectivity index (χ3n) is 1.46. The molecule has 2 atom stereocenters. The number of aliphatic hydroxyl groups excluding tert-OH is 1. The first kappa shape index (κ1) is 7.98. The summed E-state index contributed by atoms with van der Waals surface area (Å²) in [5.41, 5.74) is 0. The van der Waals surface area contributed by atoms with Crippen LogP contribution < -0.4 is 0 Å². The second-order valence-electron chi connectivity index (χ2n) is 2.93. The molecule has 1 heterocycles. The first-order valence-electron chi connectivity index (χ1n) is 3.34. The van der Waals surface area contributed by atoms with Crippen molar-refractivity contribution < 1.29 is 14.6 Å². The number of rotatable bonds is 1. The number of aliphatic hydroxyl groups is 1. The van der Waals surface area contributed by atoms with E-state index in [1.54, 1.807) is 0 Å². The first-order chi connectivity index (χ1) is 4.51. The van der Waals surface area contributed by atoms with Crippen molar-refractivity contribution in [3.8, 4) is 0 Å². The van der Waals surface area contributed by atoms with Gasteiger partial charge in [0, 0.05) is 0 Å². The minimum atomic E-state index is -0.693. The molecule has 1 aliphatic heterocycles. The van der Waals surface area contributed by atoms with Gasteiger partial charge in [-0.05, 0) is 20.8 Å². The SMILES string of the molecule is [CH2]C(O)C1COC(C)(C)O1. The lowest BCUT2D eigenvalue weighted by molar-refractivity contribution is -0.147. The summed E-state index contributed by atoms with van der Waals surface area (Å²) < 4.78 is 10.5. The fourth-order valence-electron chi connectivity index (χ4n) is 0.905. The van der Waals surface area contributed by atoms with Crippen LogP contribution in [0.1, 0.15) is 13.8 Å². The van der Waals surface area contributed by atoms with Gasteiger partial charge in [0.25, 0.3) is 0 Å². The van der Waals surface area contributed by atoms with Gasteiger partial charge in [-0.2, -0.15) is 0 Å². The molecule has 0 aromatic rings. The van der Waals surface area contributed by atoms with Gasteiger partial charge in [-0.15, -0.1) is 0 Å². The Bertz CT molecular complexity index is 120. The highest BCUT2D eigenvalue weighted by molar-refractivity contribution is 4.78.